The van der Waals surface area contributed by atoms with Crippen LogP contribution in [-0.4, -0.2) is 25.4 Å². The quantitative estimate of drug-likeness (QED) is 0.562. The second-order valence-corrected chi connectivity index (χ2v) is 3.39. The van der Waals surface area contributed by atoms with Gasteiger partial charge < -0.3 is 26.7 Å². The normalized spacial score (nSPS) is 11.9. The van der Waals surface area contributed by atoms with Gasteiger partial charge in [-0.15, -0.1) is 13.2 Å². The first-order valence-corrected chi connectivity index (χ1v) is 5.09. The van der Waals surface area contributed by atoms with Crippen molar-refractivity contribution in [3.63, 3.8) is 0 Å². The Bertz CT molecular complexity index is 538. The monoisotopic (exact) mass is 291 g/mol. The Kier molecular flexibility index (Phi) is 4.62. The van der Waals surface area contributed by atoms with Crippen LogP contribution in [0.4, 0.5) is 18.9 Å². The van der Waals surface area contributed by atoms with Gasteiger partial charge in [-0.25, -0.2) is 4.99 Å². The first-order valence-electron chi connectivity index (χ1n) is 5.09. The first kappa shape index (κ1) is 15.4. The molecule has 6 N–H and O–H groups in total. The number of hydrogen-bond donors (Lipinski definition) is 3. The van der Waals surface area contributed by atoms with Crippen LogP contribution < -0.4 is 26.7 Å². The largest absolute Gasteiger partial charge is 0.573 e. The molecule has 1 aromatic carbocycles. The highest BCUT2D eigenvalue weighted by molar-refractivity contribution is 5.93. The summed E-state index contributed by atoms with van der Waals surface area (Å²) in [5, 5.41) is 0. The number of halogens is 3. The molecule has 0 fully saturated rings. The second-order valence-electron chi connectivity index (χ2n) is 3.39. The van der Waals surface area contributed by atoms with Crippen LogP contribution in [0.5, 0.6) is 11.5 Å². The van der Waals surface area contributed by atoms with Gasteiger partial charge in [0.15, 0.2) is 17.5 Å². The average molecular weight is 291 g/mol. The third-order valence-corrected chi connectivity index (χ3v) is 1.86. The fraction of sp³-hybridized carbons (Fsp3) is 0.200. The van der Waals surface area contributed by atoms with Crippen molar-refractivity contribution in [1.82, 2.24) is 0 Å². The molecule has 0 saturated carbocycles. The number of methoxy groups -OCH3 is 1. The molecule has 1 rings (SSSR count). The van der Waals surface area contributed by atoms with E-state index in [-0.39, 0.29) is 23.4 Å². The van der Waals surface area contributed by atoms with Crippen LogP contribution in [0.2, 0.25) is 0 Å². The fourth-order valence-corrected chi connectivity index (χ4v) is 1.23. The fourth-order valence-electron chi connectivity index (χ4n) is 1.23. The van der Waals surface area contributed by atoms with Gasteiger partial charge in [-0.3, -0.25) is 0 Å². The van der Waals surface area contributed by atoms with E-state index in [0.717, 1.165) is 6.07 Å². The Balaban J connectivity index is 3.13. The average Bonchev–Trinajstić information content (AvgIpc) is 2.25. The summed E-state index contributed by atoms with van der Waals surface area (Å²) in [5.41, 5.74) is 15.6. The maximum atomic E-state index is 12.2. The minimum atomic E-state index is -4.86. The number of benzene rings is 1. The van der Waals surface area contributed by atoms with Gasteiger partial charge in [0.1, 0.15) is 0 Å². The molecule has 0 heterocycles. The molecule has 0 bridgehead atoms. The van der Waals surface area contributed by atoms with Crippen molar-refractivity contribution in [2.75, 3.05) is 7.11 Å². The molecule has 110 valence electrons. The first-order chi connectivity index (χ1) is 9.21. The Morgan fingerprint density at radius 3 is 2.30 bits per heavy atom. The maximum Gasteiger partial charge on any atom is 0.573 e. The van der Waals surface area contributed by atoms with Gasteiger partial charge in [0.05, 0.1) is 12.8 Å². The number of rotatable bonds is 3. The number of guanidine groups is 2. The Hall–Kier alpha value is -2.65. The predicted molar refractivity (Wildman–Crippen MR) is 66.8 cm³/mol. The highest BCUT2D eigenvalue weighted by Gasteiger charge is 2.32. The van der Waals surface area contributed by atoms with Crippen molar-refractivity contribution in [3.8, 4) is 11.5 Å². The van der Waals surface area contributed by atoms with Crippen molar-refractivity contribution in [1.29, 1.82) is 0 Å². The minimum Gasteiger partial charge on any atom is -0.493 e. The molecule has 7 nitrogen and oxygen atoms in total. The molecule has 0 aromatic heterocycles. The Morgan fingerprint density at radius 2 is 1.80 bits per heavy atom. The summed E-state index contributed by atoms with van der Waals surface area (Å²) in [6.45, 7) is 0. The van der Waals surface area contributed by atoms with E-state index in [1.54, 1.807) is 0 Å². The molecule has 0 amide bonds. The molecule has 0 aliphatic rings. The van der Waals surface area contributed by atoms with E-state index in [9.17, 15) is 13.2 Å². The molecule has 0 aliphatic heterocycles. The van der Waals surface area contributed by atoms with Crippen molar-refractivity contribution < 1.29 is 22.6 Å². The molecule has 0 saturated heterocycles. The van der Waals surface area contributed by atoms with Gasteiger partial charge in [-0.05, 0) is 12.1 Å². The van der Waals surface area contributed by atoms with Crippen LogP contribution >= 0.6 is 0 Å². The van der Waals surface area contributed by atoms with Gasteiger partial charge in [0.25, 0.3) is 0 Å². The molecule has 0 spiro atoms. The summed E-state index contributed by atoms with van der Waals surface area (Å²) in [7, 11) is 1.20. The van der Waals surface area contributed by atoms with Crippen LogP contribution in [0, 0.1) is 0 Å². The van der Waals surface area contributed by atoms with Crippen molar-refractivity contribution in [2.45, 2.75) is 6.36 Å². The van der Waals surface area contributed by atoms with Gasteiger partial charge in [-0.1, -0.05) is 0 Å². The Morgan fingerprint density at radius 1 is 1.15 bits per heavy atom. The van der Waals surface area contributed by atoms with Crippen LogP contribution in [0.1, 0.15) is 0 Å². The lowest BCUT2D eigenvalue weighted by atomic mass is 10.3. The molecular weight excluding hydrogens is 279 g/mol. The van der Waals surface area contributed by atoms with Crippen LogP contribution in [0.3, 0.4) is 0 Å². The lowest BCUT2D eigenvalue weighted by Crippen LogP contribution is -2.26. The van der Waals surface area contributed by atoms with Crippen LogP contribution in [0.15, 0.2) is 28.2 Å². The standard InChI is InChI=1S/C10H12F3N5O2/c1-19-6-3-2-5(17-9(16)18-8(14)15)4-7(6)20-10(11,12)13/h2-4H,1H3,(H6,14,15,16,17,18). The third kappa shape index (κ3) is 4.92. The van der Waals surface area contributed by atoms with E-state index in [1.807, 2.05) is 0 Å². The SMILES string of the molecule is COc1ccc(N=C(N)N=C(N)N)cc1OC(F)(F)F. The Labute approximate surface area is 111 Å². The lowest BCUT2D eigenvalue weighted by Gasteiger charge is -2.12. The highest BCUT2D eigenvalue weighted by Crippen LogP contribution is 2.35. The van der Waals surface area contributed by atoms with E-state index >= 15 is 0 Å². The van der Waals surface area contributed by atoms with Crippen molar-refractivity contribution in [3.05, 3.63) is 18.2 Å². The number of hydrogen-bond acceptors (Lipinski definition) is 3. The van der Waals surface area contributed by atoms with E-state index in [4.69, 9.17) is 21.9 Å². The summed E-state index contributed by atoms with van der Waals surface area (Å²) in [5.74, 6) is -1.31. The molecule has 20 heavy (non-hydrogen) atoms. The van der Waals surface area contributed by atoms with E-state index in [0.29, 0.717) is 0 Å². The highest BCUT2D eigenvalue weighted by atomic mass is 19.4. The molecule has 0 unspecified atom stereocenters. The maximum absolute atomic E-state index is 12.2. The number of aliphatic imine (C=N–C) groups is 2. The number of nitrogens with zero attached hydrogens (tertiary/aromatic N) is 2. The number of nitrogens with two attached hydrogens (primary N) is 3. The van der Waals surface area contributed by atoms with Gasteiger partial charge >= 0.3 is 6.36 Å². The third-order valence-electron chi connectivity index (χ3n) is 1.86. The lowest BCUT2D eigenvalue weighted by molar-refractivity contribution is -0.275. The predicted octanol–water partition coefficient (Wildman–Crippen LogP) is 0.813. The zero-order valence-corrected chi connectivity index (χ0v) is 10.3. The summed E-state index contributed by atoms with van der Waals surface area (Å²) < 4.78 is 45.2. The molecular formula is C10H12F3N5O2. The minimum absolute atomic E-state index is 0.0625. The van der Waals surface area contributed by atoms with Gasteiger partial charge in [0, 0.05) is 6.07 Å². The van der Waals surface area contributed by atoms with Crippen molar-refractivity contribution >= 4 is 17.6 Å². The van der Waals surface area contributed by atoms with Gasteiger partial charge in [0.2, 0.25) is 5.96 Å². The van der Waals surface area contributed by atoms with Gasteiger partial charge in [-0.2, -0.15) is 4.99 Å². The molecule has 0 aliphatic carbocycles. The number of alkyl halides is 3. The second kappa shape index (κ2) is 5.99. The van der Waals surface area contributed by atoms with E-state index in [2.05, 4.69) is 14.7 Å². The van der Waals surface area contributed by atoms with E-state index < -0.39 is 12.1 Å². The van der Waals surface area contributed by atoms with Crippen LogP contribution in [-0.2, 0) is 0 Å². The molecule has 1 aromatic rings. The van der Waals surface area contributed by atoms with Crippen molar-refractivity contribution in [2.24, 2.45) is 27.2 Å². The molecule has 0 atom stereocenters. The zero-order chi connectivity index (χ0) is 15.3. The summed E-state index contributed by atoms with van der Waals surface area (Å²) in [6, 6.07) is 3.58. The zero-order valence-electron chi connectivity index (χ0n) is 10.3. The number of ether oxygens (including phenoxy) is 2. The summed E-state index contributed by atoms with van der Waals surface area (Å²) >= 11 is 0. The summed E-state index contributed by atoms with van der Waals surface area (Å²) in [4.78, 5) is 7.13. The van der Waals surface area contributed by atoms with E-state index in [1.165, 1.54) is 19.2 Å². The smallest absolute Gasteiger partial charge is 0.493 e. The topological polar surface area (TPSA) is 121 Å². The van der Waals surface area contributed by atoms with Crippen LogP contribution in [0.25, 0.3) is 0 Å². The molecule has 10 heteroatoms. The molecule has 0 radical (unpaired) electrons. The summed E-state index contributed by atoms with van der Waals surface area (Å²) in [6.07, 6.45) is -4.86.